The highest BCUT2D eigenvalue weighted by molar-refractivity contribution is 6.25. The number of hydrogen-bond donors (Lipinski definition) is 5. The van der Waals surface area contributed by atoms with Crippen LogP contribution in [0.5, 0.6) is 11.5 Å². The number of nitrogens with one attached hydrogen (secondary N) is 5. The Labute approximate surface area is 303 Å². The highest BCUT2D eigenvalue weighted by Crippen LogP contribution is 2.36. The molecule has 0 saturated carbocycles. The number of piperidine rings is 1. The number of anilines is 2. The Kier molecular flexibility index (Phi) is 10.6. The number of carbonyl (C=O) groups excluding carboxylic acids is 5. The molecule has 16 heteroatoms. The second-order valence-corrected chi connectivity index (χ2v) is 12.3. The predicted molar refractivity (Wildman–Crippen MR) is 190 cm³/mol. The number of fused-ring (bicyclic) bond motifs is 2. The SMILES string of the molecule is O=C(CNc1cccc(-c2cc(-c3ccc4c(c3)OCO4)[nH]n2)c1)NCCOCCOCCNc1cccc2c1C(=O)N(C1CCC(=O)NC1=O)C2=O. The van der Waals surface area contributed by atoms with E-state index in [4.69, 9.17) is 18.9 Å². The van der Waals surface area contributed by atoms with Gasteiger partial charge in [0.05, 0.1) is 55.5 Å². The summed E-state index contributed by atoms with van der Waals surface area (Å²) in [5.41, 5.74) is 5.05. The molecular weight excluding hydrogens is 686 g/mol. The number of carbonyl (C=O) groups is 5. The molecule has 3 aliphatic rings. The first kappa shape index (κ1) is 35.2. The molecule has 16 nitrogen and oxygen atoms in total. The van der Waals surface area contributed by atoms with Crippen LogP contribution in [0.1, 0.15) is 33.6 Å². The van der Waals surface area contributed by atoms with Crippen LogP contribution in [-0.2, 0) is 23.9 Å². The van der Waals surface area contributed by atoms with E-state index in [-0.39, 0.29) is 43.2 Å². The summed E-state index contributed by atoms with van der Waals surface area (Å²) in [6, 6.07) is 19.2. The van der Waals surface area contributed by atoms with E-state index in [9.17, 15) is 24.0 Å². The van der Waals surface area contributed by atoms with Crippen molar-refractivity contribution in [3.8, 4) is 34.0 Å². The largest absolute Gasteiger partial charge is 0.454 e. The Morgan fingerprint density at radius 2 is 1.66 bits per heavy atom. The summed E-state index contributed by atoms with van der Waals surface area (Å²) in [7, 11) is 0. The van der Waals surface area contributed by atoms with Crippen LogP contribution in [0.15, 0.2) is 66.7 Å². The van der Waals surface area contributed by atoms with Gasteiger partial charge >= 0.3 is 0 Å². The van der Waals surface area contributed by atoms with Gasteiger partial charge in [0.25, 0.3) is 11.8 Å². The maximum atomic E-state index is 13.2. The van der Waals surface area contributed by atoms with Crippen molar-refractivity contribution >= 4 is 40.9 Å². The molecular formula is C37H37N7O9. The summed E-state index contributed by atoms with van der Waals surface area (Å²) in [6.45, 7) is 2.23. The Morgan fingerprint density at radius 3 is 2.51 bits per heavy atom. The number of benzene rings is 3. The van der Waals surface area contributed by atoms with Crippen molar-refractivity contribution in [1.29, 1.82) is 0 Å². The molecule has 0 spiro atoms. The average molecular weight is 724 g/mol. The maximum absolute atomic E-state index is 13.2. The quantitative estimate of drug-likeness (QED) is 0.0837. The van der Waals surface area contributed by atoms with Crippen LogP contribution in [0.2, 0.25) is 0 Å². The van der Waals surface area contributed by atoms with Crippen LogP contribution in [0.3, 0.4) is 0 Å². The fourth-order valence-electron chi connectivity index (χ4n) is 6.22. The van der Waals surface area contributed by atoms with E-state index in [1.165, 1.54) is 0 Å². The number of ether oxygens (including phenoxy) is 4. The van der Waals surface area contributed by atoms with E-state index < -0.39 is 29.7 Å². The zero-order valence-electron chi connectivity index (χ0n) is 28.6. The molecule has 1 saturated heterocycles. The monoisotopic (exact) mass is 723 g/mol. The third-order valence-electron chi connectivity index (χ3n) is 8.84. The minimum atomic E-state index is -1.03. The minimum absolute atomic E-state index is 0.0549. The van der Waals surface area contributed by atoms with Gasteiger partial charge in [-0.05, 0) is 55.0 Å². The van der Waals surface area contributed by atoms with Gasteiger partial charge in [0, 0.05) is 42.0 Å². The molecule has 4 heterocycles. The normalized spacial score (nSPS) is 16.1. The van der Waals surface area contributed by atoms with Crippen LogP contribution in [-0.4, -0.2) is 104 Å². The molecule has 0 aliphatic carbocycles. The summed E-state index contributed by atoms with van der Waals surface area (Å²) in [4.78, 5) is 63.4. The first-order valence-corrected chi connectivity index (χ1v) is 17.2. The van der Waals surface area contributed by atoms with Crippen molar-refractivity contribution in [2.75, 3.05) is 63.5 Å². The van der Waals surface area contributed by atoms with Crippen LogP contribution < -0.4 is 30.7 Å². The zero-order chi connectivity index (χ0) is 36.7. The molecule has 0 radical (unpaired) electrons. The number of aromatic nitrogens is 2. The van der Waals surface area contributed by atoms with Crippen molar-refractivity contribution in [2.24, 2.45) is 0 Å². The maximum Gasteiger partial charge on any atom is 0.264 e. The van der Waals surface area contributed by atoms with Crippen molar-refractivity contribution in [1.82, 2.24) is 25.7 Å². The smallest absolute Gasteiger partial charge is 0.264 e. The first-order chi connectivity index (χ1) is 25.9. The average Bonchev–Trinajstić information content (AvgIpc) is 3.91. The number of imide groups is 2. The van der Waals surface area contributed by atoms with Gasteiger partial charge in [0.2, 0.25) is 24.5 Å². The number of aromatic amines is 1. The van der Waals surface area contributed by atoms with E-state index >= 15 is 0 Å². The highest BCUT2D eigenvalue weighted by Gasteiger charge is 2.45. The lowest BCUT2D eigenvalue weighted by molar-refractivity contribution is -0.136. The molecule has 5 N–H and O–H groups in total. The van der Waals surface area contributed by atoms with E-state index in [1.807, 2.05) is 48.5 Å². The van der Waals surface area contributed by atoms with Gasteiger partial charge in [-0.3, -0.25) is 39.3 Å². The van der Waals surface area contributed by atoms with Gasteiger partial charge in [-0.2, -0.15) is 5.10 Å². The number of nitrogens with zero attached hydrogens (tertiary/aromatic N) is 2. The summed E-state index contributed by atoms with van der Waals surface area (Å²) in [5, 5.41) is 18.8. The molecule has 4 aromatic rings. The van der Waals surface area contributed by atoms with Crippen LogP contribution in [0.4, 0.5) is 11.4 Å². The van der Waals surface area contributed by atoms with E-state index in [0.29, 0.717) is 51.0 Å². The second kappa shape index (κ2) is 16.0. The van der Waals surface area contributed by atoms with Crippen molar-refractivity contribution < 1.29 is 42.9 Å². The minimum Gasteiger partial charge on any atom is -0.454 e. The van der Waals surface area contributed by atoms with Crippen molar-refractivity contribution in [2.45, 2.75) is 18.9 Å². The van der Waals surface area contributed by atoms with Gasteiger partial charge < -0.3 is 34.9 Å². The number of H-pyrrole nitrogens is 1. The van der Waals surface area contributed by atoms with Gasteiger partial charge in [-0.1, -0.05) is 18.2 Å². The molecule has 1 aromatic heterocycles. The van der Waals surface area contributed by atoms with Gasteiger partial charge in [0.1, 0.15) is 6.04 Å². The number of amides is 5. The van der Waals surface area contributed by atoms with Gasteiger partial charge in [-0.25, -0.2) is 0 Å². The number of rotatable bonds is 16. The molecule has 1 atom stereocenters. The Hall–Kier alpha value is -6.26. The third kappa shape index (κ3) is 7.98. The van der Waals surface area contributed by atoms with Gasteiger partial charge in [-0.15, -0.1) is 0 Å². The lowest BCUT2D eigenvalue weighted by Crippen LogP contribution is -2.54. The second-order valence-electron chi connectivity index (χ2n) is 12.3. The third-order valence-corrected chi connectivity index (χ3v) is 8.84. The standard InChI is InChI=1S/C37H37N7O9/c45-32-10-8-29(35(47)41-32)44-36(48)25-5-2-6-26(34(25)37(44)49)38-11-13-50-15-16-51-14-12-39-33(46)20-40-24-4-1-3-22(17-24)27-19-28(43-42-27)23-7-9-30-31(18-23)53-21-52-30/h1-7,9,17-19,29,38,40H,8,10-16,20-21H2,(H,39,46)(H,42,43)(H,41,45,47). The fourth-order valence-corrected chi connectivity index (χ4v) is 6.22. The Bertz CT molecular complexity index is 2050. The molecule has 3 aliphatic heterocycles. The van der Waals surface area contributed by atoms with E-state index in [1.54, 1.807) is 18.2 Å². The molecule has 5 amide bonds. The molecule has 274 valence electrons. The molecule has 7 rings (SSSR count). The summed E-state index contributed by atoms with van der Waals surface area (Å²) >= 11 is 0. The first-order valence-electron chi connectivity index (χ1n) is 17.2. The van der Waals surface area contributed by atoms with Crippen LogP contribution >= 0.6 is 0 Å². The Balaban J connectivity index is 0.765. The summed E-state index contributed by atoms with van der Waals surface area (Å²) < 4.78 is 22.0. The molecule has 3 aromatic carbocycles. The molecule has 1 fully saturated rings. The van der Waals surface area contributed by atoms with Crippen LogP contribution in [0, 0.1) is 0 Å². The Morgan fingerprint density at radius 1 is 0.849 bits per heavy atom. The number of hydrogen-bond acceptors (Lipinski definition) is 12. The summed E-state index contributed by atoms with van der Waals surface area (Å²) in [5.74, 6) is -0.983. The van der Waals surface area contributed by atoms with Crippen molar-refractivity contribution in [3.05, 3.63) is 77.9 Å². The highest BCUT2D eigenvalue weighted by atomic mass is 16.7. The predicted octanol–water partition coefficient (Wildman–Crippen LogP) is 2.55. The fraction of sp³-hybridized carbons (Fsp3) is 0.297. The lowest BCUT2D eigenvalue weighted by atomic mass is 10.0. The van der Waals surface area contributed by atoms with E-state index in [2.05, 4.69) is 31.5 Å². The summed E-state index contributed by atoms with van der Waals surface area (Å²) in [6.07, 6.45) is 0.147. The lowest BCUT2D eigenvalue weighted by Gasteiger charge is -2.27. The van der Waals surface area contributed by atoms with Gasteiger partial charge in [0.15, 0.2) is 11.5 Å². The van der Waals surface area contributed by atoms with Crippen molar-refractivity contribution in [3.63, 3.8) is 0 Å². The van der Waals surface area contributed by atoms with E-state index in [0.717, 1.165) is 38.9 Å². The molecule has 0 bridgehead atoms. The zero-order valence-corrected chi connectivity index (χ0v) is 28.6. The molecule has 53 heavy (non-hydrogen) atoms. The topological polar surface area (TPSA) is 202 Å². The van der Waals surface area contributed by atoms with Crippen LogP contribution in [0.25, 0.3) is 22.5 Å². The molecule has 1 unspecified atom stereocenters.